The maximum atomic E-state index is 2.33. The van der Waals surface area contributed by atoms with E-state index in [9.17, 15) is 0 Å². The number of hydrogen-bond acceptors (Lipinski definition) is 0. The zero-order chi connectivity index (χ0) is 38.1. The molecule has 0 saturated heterocycles. The van der Waals surface area contributed by atoms with Gasteiger partial charge in [0.2, 0.25) is 0 Å². The first-order chi connectivity index (χ1) is 23.6. The number of aryl methyl sites for hydroxylation is 2. The van der Waals surface area contributed by atoms with Gasteiger partial charge in [-0.15, -0.1) is 69.1 Å². The molecule has 2 radical (unpaired) electrons. The van der Waals surface area contributed by atoms with E-state index in [1.165, 1.54) is 77.2 Å². The Morgan fingerprint density at radius 1 is 0.426 bits per heavy atom. The van der Waals surface area contributed by atoms with Gasteiger partial charge in [-0.25, -0.2) is 0 Å². The summed E-state index contributed by atoms with van der Waals surface area (Å²) in [6, 6.07) is 36.2. The smallest absolute Gasteiger partial charge is 1.00 e. The standard InChI is InChI=1S/2C24H29.C2H6Si.2ClH.Hf/c2*1-16-14-17-10-8-11-18(20(17)15-16)19-12-9-13-21(23(2,3)4)22(19)24(5,6)7;1-3-2;;;/h2*8-15H,1-7H3;1-2H3;2*1H;/q2*-1;;;;+4/p-2. The first kappa shape index (κ1) is 49.8. The van der Waals surface area contributed by atoms with Gasteiger partial charge in [-0.3, -0.25) is 0 Å². The summed E-state index contributed by atoms with van der Waals surface area (Å²) in [4.78, 5) is 0. The van der Waals surface area contributed by atoms with Gasteiger partial charge in [-0.2, -0.15) is 12.1 Å². The summed E-state index contributed by atoms with van der Waals surface area (Å²) in [5.41, 5.74) is 14.5. The molecule has 0 aromatic heterocycles. The van der Waals surface area contributed by atoms with Crippen molar-refractivity contribution in [3.8, 4) is 22.3 Å². The number of hydrogen-bond donors (Lipinski definition) is 0. The molecule has 0 atom stereocenters. The van der Waals surface area contributed by atoms with Crippen molar-refractivity contribution in [2.45, 2.75) is 132 Å². The van der Waals surface area contributed by atoms with E-state index in [1.807, 2.05) is 0 Å². The zero-order valence-corrected chi connectivity index (χ0v) is 42.1. The topological polar surface area (TPSA) is 0 Å². The van der Waals surface area contributed by atoms with Gasteiger partial charge in [0.05, 0.1) is 0 Å². The molecule has 0 heterocycles. The summed E-state index contributed by atoms with van der Waals surface area (Å²) in [5, 5.41) is 5.41. The van der Waals surface area contributed by atoms with E-state index in [0.717, 1.165) is 9.52 Å². The Hall–Kier alpha value is -2.23. The van der Waals surface area contributed by atoms with Crippen molar-refractivity contribution in [3.05, 3.63) is 130 Å². The van der Waals surface area contributed by atoms with Gasteiger partial charge in [-0.05, 0) is 55.0 Å². The third-order valence-electron chi connectivity index (χ3n) is 9.62. The molecule has 54 heavy (non-hydrogen) atoms. The quantitative estimate of drug-likeness (QED) is 0.120. The fourth-order valence-electron chi connectivity index (χ4n) is 7.66. The van der Waals surface area contributed by atoms with Crippen molar-refractivity contribution in [2.75, 3.05) is 0 Å². The van der Waals surface area contributed by atoms with Crippen LogP contribution >= 0.6 is 0 Å². The van der Waals surface area contributed by atoms with Gasteiger partial charge in [0.15, 0.2) is 0 Å². The summed E-state index contributed by atoms with van der Waals surface area (Å²) < 4.78 is 0. The van der Waals surface area contributed by atoms with Crippen molar-refractivity contribution >= 4 is 31.1 Å². The van der Waals surface area contributed by atoms with Crippen molar-refractivity contribution in [1.82, 2.24) is 0 Å². The normalized spacial score (nSPS) is 11.7. The third kappa shape index (κ3) is 11.4. The molecule has 0 aliphatic heterocycles. The molecule has 6 rings (SSSR count). The fourth-order valence-corrected chi connectivity index (χ4v) is 7.66. The monoisotopic (exact) mass is 942 g/mol. The van der Waals surface area contributed by atoms with Crippen LogP contribution in [0.15, 0.2) is 97.1 Å². The number of rotatable bonds is 2. The van der Waals surface area contributed by atoms with E-state index in [-0.39, 0.29) is 72.3 Å². The second kappa shape index (κ2) is 19.3. The molecule has 0 aliphatic carbocycles. The molecule has 0 amide bonds. The first-order valence-corrected chi connectivity index (χ1v) is 20.8. The molecule has 6 aromatic carbocycles. The maximum absolute atomic E-state index is 2.33. The SMILES string of the molecule is C[Si]C.Cc1cc2c(-c3cccc(C(C)(C)C)c3C(C)(C)C)cccc2[cH-]1.Cc1cc2c(-c3cccc(C(C)(C)C)c3C(C)(C)C)cccc2[cH-]1.[Cl-].[Cl-].[Hf+4]. The average molecular weight is 943 g/mol. The minimum atomic E-state index is 0. The molecule has 0 saturated carbocycles. The van der Waals surface area contributed by atoms with Crippen molar-refractivity contribution < 1.29 is 50.7 Å². The van der Waals surface area contributed by atoms with Gasteiger partial charge in [0.25, 0.3) is 0 Å². The van der Waals surface area contributed by atoms with Crippen LogP contribution in [0.5, 0.6) is 0 Å². The Kier molecular flexibility index (Phi) is 17.8. The molecular formula is C50H64Cl2HfSi. The first-order valence-electron chi connectivity index (χ1n) is 18.8. The van der Waals surface area contributed by atoms with Crippen LogP contribution in [0, 0.1) is 13.8 Å². The number of benzene rings is 4. The van der Waals surface area contributed by atoms with Crippen LogP contribution in [-0.2, 0) is 47.5 Å². The average Bonchev–Trinajstić information content (AvgIpc) is 3.60. The van der Waals surface area contributed by atoms with Crippen molar-refractivity contribution in [3.63, 3.8) is 0 Å². The fraction of sp³-hybridized carbons (Fsp3) is 0.400. The molecular weight excluding hydrogens is 878 g/mol. The summed E-state index contributed by atoms with van der Waals surface area (Å²) in [5.74, 6) is 0. The van der Waals surface area contributed by atoms with Crippen molar-refractivity contribution in [2.24, 2.45) is 0 Å². The van der Waals surface area contributed by atoms with Crippen LogP contribution < -0.4 is 24.8 Å². The van der Waals surface area contributed by atoms with Gasteiger partial charge >= 0.3 is 25.8 Å². The number of fused-ring (bicyclic) bond motifs is 2. The summed E-state index contributed by atoms with van der Waals surface area (Å²) in [7, 11) is 1.08. The van der Waals surface area contributed by atoms with Crippen LogP contribution in [0.1, 0.15) is 116 Å². The molecule has 286 valence electrons. The molecule has 0 spiro atoms. The van der Waals surface area contributed by atoms with E-state index < -0.39 is 0 Å². The third-order valence-corrected chi connectivity index (χ3v) is 9.62. The minimum Gasteiger partial charge on any atom is -1.00 e. The number of halogens is 2. The summed E-state index contributed by atoms with van der Waals surface area (Å²) >= 11 is 0. The molecule has 6 aromatic rings. The molecule has 0 nitrogen and oxygen atoms in total. The molecule has 0 N–H and O–H groups in total. The Balaban J connectivity index is 0.000000479. The maximum Gasteiger partial charge on any atom is 4.00 e. The minimum absolute atomic E-state index is 0. The molecule has 0 bridgehead atoms. The van der Waals surface area contributed by atoms with Crippen molar-refractivity contribution in [1.29, 1.82) is 0 Å². The second-order valence-electron chi connectivity index (χ2n) is 18.6. The molecule has 0 unspecified atom stereocenters. The van der Waals surface area contributed by atoms with E-state index in [4.69, 9.17) is 0 Å². The van der Waals surface area contributed by atoms with Crippen LogP contribution in [0.25, 0.3) is 43.8 Å². The van der Waals surface area contributed by atoms with E-state index in [1.54, 1.807) is 0 Å². The predicted octanol–water partition coefficient (Wildman–Crippen LogP) is 9.05. The summed E-state index contributed by atoms with van der Waals surface area (Å²) in [6.45, 7) is 36.5. The van der Waals surface area contributed by atoms with E-state index >= 15 is 0 Å². The largest absolute Gasteiger partial charge is 4.00 e. The van der Waals surface area contributed by atoms with Gasteiger partial charge in [0, 0.05) is 9.52 Å². The summed E-state index contributed by atoms with van der Waals surface area (Å²) in [6.07, 6.45) is 0. The Labute approximate surface area is 363 Å². The Morgan fingerprint density at radius 3 is 0.981 bits per heavy atom. The molecule has 0 fully saturated rings. The molecule has 0 aliphatic rings. The Morgan fingerprint density at radius 2 is 0.704 bits per heavy atom. The van der Waals surface area contributed by atoms with E-state index in [0.29, 0.717) is 0 Å². The van der Waals surface area contributed by atoms with Gasteiger partial charge in [0.1, 0.15) is 0 Å². The van der Waals surface area contributed by atoms with Gasteiger partial charge < -0.3 is 24.8 Å². The second-order valence-corrected chi connectivity index (χ2v) is 19.6. The van der Waals surface area contributed by atoms with Crippen LogP contribution in [0.4, 0.5) is 0 Å². The molecule has 4 heteroatoms. The van der Waals surface area contributed by atoms with Crippen LogP contribution in [0.2, 0.25) is 13.1 Å². The Bertz CT molecular complexity index is 1950. The van der Waals surface area contributed by atoms with Gasteiger partial charge in [-0.1, -0.05) is 170 Å². The van der Waals surface area contributed by atoms with Crippen LogP contribution in [0.3, 0.4) is 0 Å². The van der Waals surface area contributed by atoms with E-state index in [2.05, 4.69) is 207 Å². The van der Waals surface area contributed by atoms with Crippen LogP contribution in [-0.4, -0.2) is 9.52 Å². The zero-order valence-electron chi connectivity index (χ0n) is 36.0. The predicted molar refractivity (Wildman–Crippen MR) is 232 cm³/mol.